The van der Waals surface area contributed by atoms with Crippen LogP contribution < -0.4 is 0 Å². The molecule has 28 heavy (non-hydrogen) atoms. The van der Waals surface area contributed by atoms with E-state index in [0.29, 0.717) is 32.2 Å². The minimum atomic E-state index is -0.729. The highest BCUT2D eigenvalue weighted by molar-refractivity contribution is 6.07. The zero-order valence-corrected chi connectivity index (χ0v) is 17.9. The SMILES string of the molecule is CCN1C(=O)N(C)C2(CCCN(C3CCN(C(=O)OC(C)(C)C)CC3)C2)C1=O. The van der Waals surface area contributed by atoms with Crippen molar-refractivity contribution in [1.82, 2.24) is 19.6 Å². The third-order valence-corrected chi connectivity index (χ3v) is 6.25. The van der Waals surface area contributed by atoms with Crippen molar-refractivity contribution in [2.45, 2.75) is 70.6 Å². The van der Waals surface area contributed by atoms with E-state index in [-0.39, 0.29) is 18.0 Å². The average molecular weight is 395 g/mol. The fourth-order valence-electron chi connectivity index (χ4n) is 4.69. The van der Waals surface area contributed by atoms with E-state index in [0.717, 1.165) is 32.2 Å². The molecule has 0 aromatic rings. The number of hydrogen-bond acceptors (Lipinski definition) is 5. The molecule has 8 nitrogen and oxygen atoms in total. The maximum atomic E-state index is 13.0. The fraction of sp³-hybridized carbons (Fsp3) is 0.850. The summed E-state index contributed by atoms with van der Waals surface area (Å²) in [4.78, 5) is 44.9. The van der Waals surface area contributed by atoms with E-state index in [4.69, 9.17) is 4.74 Å². The first-order valence-electron chi connectivity index (χ1n) is 10.4. The fourth-order valence-corrected chi connectivity index (χ4v) is 4.69. The summed E-state index contributed by atoms with van der Waals surface area (Å²) in [6.07, 6.45) is 3.08. The second-order valence-corrected chi connectivity index (χ2v) is 9.20. The summed E-state index contributed by atoms with van der Waals surface area (Å²) in [6, 6.07) is 0.136. The van der Waals surface area contributed by atoms with Crippen molar-refractivity contribution in [3.05, 3.63) is 0 Å². The lowest BCUT2D eigenvalue weighted by molar-refractivity contribution is -0.136. The molecule has 0 aromatic heterocycles. The molecular formula is C20H34N4O4. The van der Waals surface area contributed by atoms with E-state index in [2.05, 4.69) is 4.90 Å². The van der Waals surface area contributed by atoms with Gasteiger partial charge in [0, 0.05) is 39.3 Å². The number of carbonyl (C=O) groups excluding carboxylic acids is 3. The molecule has 1 atom stereocenters. The highest BCUT2D eigenvalue weighted by Crippen LogP contribution is 2.36. The molecule has 3 aliphatic rings. The molecule has 3 fully saturated rings. The molecule has 3 saturated heterocycles. The number of likely N-dealkylation sites (N-methyl/N-ethyl adjacent to an activating group) is 2. The van der Waals surface area contributed by atoms with Gasteiger partial charge in [0.05, 0.1) is 0 Å². The van der Waals surface area contributed by atoms with Crippen molar-refractivity contribution in [2.75, 3.05) is 39.8 Å². The minimum Gasteiger partial charge on any atom is -0.444 e. The number of rotatable bonds is 2. The van der Waals surface area contributed by atoms with Gasteiger partial charge in [-0.1, -0.05) is 0 Å². The largest absolute Gasteiger partial charge is 0.444 e. The van der Waals surface area contributed by atoms with Gasteiger partial charge in [-0.05, 0) is 59.9 Å². The van der Waals surface area contributed by atoms with Crippen LogP contribution in [0.3, 0.4) is 0 Å². The highest BCUT2D eigenvalue weighted by atomic mass is 16.6. The maximum absolute atomic E-state index is 13.0. The molecule has 1 spiro atoms. The number of hydrogen-bond donors (Lipinski definition) is 0. The minimum absolute atomic E-state index is 0.0570. The Morgan fingerprint density at radius 3 is 2.36 bits per heavy atom. The topological polar surface area (TPSA) is 73.4 Å². The van der Waals surface area contributed by atoms with Crippen LogP contribution in [0.1, 0.15) is 53.4 Å². The van der Waals surface area contributed by atoms with Gasteiger partial charge in [0.2, 0.25) is 0 Å². The van der Waals surface area contributed by atoms with Gasteiger partial charge in [0.15, 0.2) is 0 Å². The van der Waals surface area contributed by atoms with Crippen molar-refractivity contribution < 1.29 is 19.1 Å². The standard InChI is InChI=1S/C20H34N4O4/c1-6-24-16(25)20(21(5)17(24)26)10-7-11-23(14-20)15-8-12-22(13-9-15)18(27)28-19(2,3)4/h15H,6-14H2,1-5H3. The van der Waals surface area contributed by atoms with Crippen LogP contribution in [0, 0.1) is 0 Å². The van der Waals surface area contributed by atoms with E-state index < -0.39 is 11.1 Å². The number of imide groups is 1. The van der Waals surface area contributed by atoms with E-state index >= 15 is 0 Å². The summed E-state index contributed by atoms with van der Waals surface area (Å²) < 4.78 is 5.48. The van der Waals surface area contributed by atoms with Crippen LogP contribution in [0.2, 0.25) is 0 Å². The molecule has 0 radical (unpaired) electrons. The predicted octanol–water partition coefficient (Wildman–Crippen LogP) is 2.13. The van der Waals surface area contributed by atoms with Gasteiger partial charge in [-0.25, -0.2) is 9.59 Å². The molecule has 4 amide bonds. The Kier molecular flexibility index (Phi) is 5.62. The Morgan fingerprint density at radius 1 is 1.18 bits per heavy atom. The number of ether oxygens (including phenoxy) is 1. The van der Waals surface area contributed by atoms with Crippen LogP contribution in [0.5, 0.6) is 0 Å². The Bertz CT molecular complexity index is 639. The first-order valence-corrected chi connectivity index (χ1v) is 10.4. The molecule has 3 heterocycles. The molecule has 0 aliphatic carbocycles. The molecule has 3 aliphatic heterocycles. The molecule has 3 rings (SSSR count). The number of amides is 4. The Labute approximate surface area is 167 Å². The second-order valence-electron chi connectivity index (χ2n) is 9.20. The molecule has 158 valence electrons. The first kappa shape index (κ1) is 20.9. The molecule has 1 unspecified atom stereocenters. The summed E-state index contributed by atoms with van der Waals surface area (Å²) in [5, 5.41) is 0. The summed E-state index contributed by atoms with van der Waals surface area (Å²) in [5.74, 6) is -0.0570. The van der Waals surface area contributed by atoms with Crippen molar-refractivity contribution >= 4 is 18.0 Å². The third kappa shape index (κ3) is 3.71. The molecule has 0 N–H and O–H groups in total. The summed E-state index contributed by atoms with van der Waals surface area (Å²) in [6.45, 7) is 10.7. The summed E-state index contributed by atoms with van der Waals surface area (Å²) in [7, 11) is 1.75. The van der Waals surface area contributed by atoms with Crippen LogP contribution in [-0.2, 0) is 9.53 Å². The van der Waals surface area contributed by atoms with E-state index in [1.165, 1.54) is 4.90 Å². The molecular weight excluding hydrogens is 360 g/mol. The smallest absolute Gasteiger partial charge is 0.410 e. The third-order valence-electron chi connectivity index (χ3n) is 6.25. The Balaban J connectivity index is 1.63. The lowest BCUT2D eigenvalue weighted by Gasteiger charge is -2.46. The number of likely N-dealkylation sites (tertiary alicyclic amines) is 2. The predicted molar refractivity (Wildman–Crippen MR) is 105 cm³/mol. The van der Waals surface area contributed by atoms with Gasteiger partial charge in [-0.2, -0.15) is 0 Å². The van der Waals surface area contributed by atoms with Gasteiger partial charge >= 0.3 is 12.1 Å². The van der Waals surface area contributed by atoms with Crippen molar-refractivity contribution in [1.29, 1.82) is 0 Å². The van der Waals surface area contributed by atoms with Crippen molar-refractivity contribution in [2.24, 2.45) is 0 Å². The Hall–Kier alpha value is -1.83. The summed E-state index contributed by atoms with van der Waals surface area (Å²) in [5.41, 5.74) is -1.22. The van der Waals surface area contributed by atoms with Crippen LogP contribution in [0.25, 0.3) is 0 Å². The zero-order chi connectivity index (χ0) is 20.7. The maximum Gasteiger partial charge on any atom is 0.410 e. The van der Waals surface area contributed by atoms with Crippen molar-refractivity contribution in [3.63, 3.8) is 0 Å². The van der Waals surface area contributed by atoms with E-state index in [9.17, 15) is 14.4 Å². The van der Waals surface area contributed by atoms with Gasteiger partial charge in [0.25, 0.3) is 5.91 Å². The van der Waals surface area contributed by atoms with Crippen LogP contribution in [-0.4, -0.2) is 94.6 Å². The van der Waals surface area contributed by atoms with Gasteiger partial charge < -0.3 is 14.5 Å². The highest BCUT2D eigenvalue weighted by Gasteiger charge is 2.57. The lowest BCUT2D eigenvalue weighted by Crippen LogP contribution is -2.61. The number of nitrogens with zero attached hydrogens (tertiary/aromatic N) is 4. The second kappa shape index (κ2) is 7.54. The first-order chi connectivity index (χ1) is 13.1. The van der Waals surface area contributed by atoms with Crippen molar-refractivity contribution in [3.8, 4) is 0 Å². The number of urea groups is 1. The van der Waals surface area contributed by atoms with E-state index in [1.807, 2.05) is 27.7 Å². The normalized spacial score (nSPS) is 27.8. The molecule has 0 bridgehead atoms. The van der Waals surface area contributed by atoms with Gasteiger partial charge in [0.1, 0.15) is 11.1 Å². The van der Waals surface area contributed by atoms with Crippen LogP contribution in [0.15, 0.2) is 0 Å². The number of piperidine rings is 2. The molecule has 0 saturated carbocycles. The quantitative estimate of drug-likeness (QED) is 0.671. The van der Waals surface area contributed by atoms with Gasteiger partial charge in [-0.3, -0.25) is 14.6 Å². The lowest BCUT2D eigenvalue weighted by atomic mass is 9.86. The van der Waals surface area contributed by atoms with E-state index in [1.54, 1.807) is 16.8 Å². The van der Waals surface area contributed by atoms with Crippen LogP contribution in [0.4, 0.5) is 9.59 Å². The van der Waals surface area contributed by atoms with Crippen LogP contribution >= 0.6 is 0 Å². The average Bonchev–Trinajstić information content (AvgIpc) is 2.81. The van der Waals surface area contributed by atoms with Gasteiger partial charge in [-0.15, -0.1) is 0 Å². The monoisotopic (exact) mass is 394 g/mol. The number of carbonyl (C=O) groups is 3. The molecule has 0 aromatic carbocycles. The summed E-state index contributed by atoms with van der Waals surface area (Å²) >= 11 is 0. The zero-order valence-electron chi connectivity index (χ0n) is 17.9. The Morgan fingerprint density at radius 2 is 1.82 bits per heavy atom. The molecule has 8 heteroatoms.